The minimum Gasteiger partial charge on any atom is -0.298 e. The van der Waals surface area contributed by atoms with E-state index in [1.54, 1.807) is 30.5 Å². The van der Waals surface area contributed by atoms with E-state index < -0.39 is 0 Å². The van der Waals surface area contributed by atoms with Crippen molar-refractivity contribution >= 4 is 17.9 Å². The second-order valence-corrected chi connectivity index (χ2v) is 3.84. The van der Waals surface area contributed by atoms with Gasteiger partial charge in [-0.2, -0.15) is 5.26 Å². The van der Waals surface area contributed by atoms with Gasteiger partial charge in [0.05, 0.1) is 10.6 Å². The molecule has 0 atom stereocenters. The normalized spacial score (nSPS) is 9.65. The summed E-state index contributed by atoms with van der Waals surface area (Å²) in [6.07, 6.45) is 3.84. The molecule has 3 nitrogen and oxygen atoms in total. The van der Waals surface area contributed by atoms with Crippen LogP contribution in [0.5, 0.6) is 0 Å². The minimum atomic E-state index is 0.389. The molecule has 0 N–H and O–H groups in total. The fourth-order valence-corrected chi connectivity index (χ4v) is 1.69. The number of nitriles is 1. The van der Waals surface area contributed by atoms with Crippen molar-refractivity contribution < 1.29 is 4.79 Å². The molecule has 0 aliphatic heterocycles. The largest absolute Gasteiger partial charge is 0.298 e. The summed E-state index contributed by atoms with van der Waals surface area (Å²) in [4.78, 5) is 14.6. The standard InChI is InChI=1S/C13H7ClN2O/c14-13-4-10(1-2-11(13)8-17)12-3-9(5-15)6-16-7-12/h1-4,6-8H. The van der Waals surface area contributed by atoms with Crippen molar-refractivity contribution in [2.45, 2.75) is 0 Å². The van der Waals surface area contributed by atoms with E-state index in [4.69, 9.17) is 16.9 Å². The number of rotatable bonds is 2. The maximum atomic E-state index is 10.6. The lowest BCUT2D eigenvalue weighted by atomic mass is 10.0. The summed E-state index contributed by atoms with van der Waals surface area (Å²) in [7, 11) is 0. The highest BCUT2D eigenvalue weighted by molar-refractivity contribution is 6.33. The van der Waals surface area contributed by atoms with Crippen LogP contribution in [0.3, 0.4) is 0 Å². The molecule has 0 saturated carbocycles. The molecule has 0 unspecified atom stereocenters. The van der Waals surface area contributed by atoms with Crippen LogP contribution >= 0.6 is 11.6 Å². The van der Waals surface area contributed by atoms with Gasteiger partial charge in [0.25, 0.3) is 0 Å². The zero-order valence-corrected chi connectivity index (χ0v) is 9.48. The van der Waals surface area contributed by atoms with E-state index >= 15 is 0 Å². The second-order valence-electron chi connectivity index (χ2n) is 3.43. The number of carbonyl (C=O) groups excluding carboxylic acids is 1. The molecule has 1 aromatic carbocycles. The number of nitrogens with zero attached hydrogens (tertiary/aromatic N) is 2. The van der Waals surface area contributed by atoms with Gasteiger partial charge in [-0.1, -0.05) is 17.7 Å². The van der Waals surface area contributed by atoms with Gasteiger partial charge in [-0.25, -0.2) is 0 Å². The first-order chi connectivity index (χ1) is 8.24. The van der Waals surface area contributed by atoms with Crippen molar-refractivity contribution in [2.75, 3.05) is 0 Å². The molecule has 0 bridgehead atoms. The number of hydrogen-bond donors (Lipinski definition) is 0. The molecule has 17 heavy (non-hydrogen) atoms. The third kappa shape index (κ3) is 2.32. The summed E-state index contributed by atoms with van der Waals surface area (Å²) in [6.45, 7) is 0. The van der Waals surface area contributed by atoms with Crippen molar-refractivity contribution in [3.63, 3.8) is 0 Å². The van der Waals surface area contributed by atoms with Crippen LogP contribution in [-0.2, 0) is 0 Å². The molecule has 4 heteroatoms. The second kappa shape index (κ2) is 4.77. The number of aromatic nitrogens is 1. The zero-order valence-electron chi connectivity index (χ0n) is 8.72. The van der Waals surface area contributed by atoms with Crippen LogP contribution in [-0.4, -0.2) is 11.3 Å². The molecule has 1 heterocycles. The van der Waals surface area contributed by atoms with Gasteiger partial charge in [-0.15, -0.1) is 0 Å². The fraction of sp³-hybridized carbons (Fsp3) is 0. The first-order valence-corrected chi connectivity index (χ1v) is 5.22. The highest BCUT2D eigenvalue weighted by Crippen LogP contribution is 2.24. The molecule has 0 fully saturated rings. The minimum absolute atomic E-state index is 0.389. The van der Waals surface area contributed by atoms with Gasteiger partial charge in [-0.3, -0.25) is 9.78 Å². The zero-order chi connectivity index (χ0) is 12.3. The van der Waals surface area contributed by atoms with Crippen molar-refractivity contribution in [1.82, 2.24) is 4.98 Å². The number of aldehydes is 1. The van der Waals surface area contributed by atoms with Crippen LogP contribution < -0.4 is 0 Å². The smallest absolute Gasteiger partial charge is 0.151 e. The van der Waals surface area contributed by atoms with E-state index in [2.05, 4.69) is 4.98 Å². The van der Waals surface area contributed by atoms with Gasteiger partial charge >= 0.3 is 0 Å². The van der Waals surface area contributed by atoms with Gasteiger partial charge in [0, 0.05) is 23.5 Å². The average Bonchev–Trinajstić information content (AvgIpc) is 2.38. The van der Waals surface area contributed by atoms with Crippen molar-refractivity contribution in [3.05, 3.63) is 52.8 Å². The maximum Gasteiger partial charge on any atom is 0.151 e. The summed E-state index contributed by atoms with van der Waals surface area (Å²) in [5.41, 5.74) is 2.55. The fourth-order valence-electron chi connectivity index (χ4n) is 1.46. The predicted octanol–water partition coefficient (Wildman–Crippen LogP) is 3.09. The summed E-state index contributed by atoms with van der Waals surface area (Å²) < 4.78 is 0. The van der Waals surface area contributed by atoms with Crippen molar-refractivity contribution in [2.24, 2.45) is 0 Å². The summed E-state index contributed by atoms with van der Waals surface area (Å²) in [6, 6.07) is 8.84. The number of pyridine rings is 1. The summed E-state index contributed by atoms with van der Waals surface area (Å²) in [5, 5.41) is 9.17. The first-order valence-electron chi connectivity index (χ1n) is 4.85. The Bertz CT molecular complexity index is 617. The van der Waals surface area contributed by atoms with Gasteiger partial charge in [0.1, 0.15) is 6.07 Å². The lowest BCUT2D eigenvalue weighted by Crippen LogP contribution is -1.86. The van der Waals surface area contributed by atoms with Crippen LogP contribution in [0, 0.1) is 11.3 Å². The molecule has 0 amide bonds. The molecular formula is C13H7ClN2O. The first kappa shape index (κ1) is 11.3. The topological polar surface area (TPSA) is 53.8 Å². The van der Waals surface area contributed by atoms with E-state index in [0.29, 0.717) is 22.4 Å². The predicted molar refractivity (Wildman–Crippen MR) is 64.8 cm³/mol. The Hall–Kier alpha value is -2.18. The molecular weight excluding hydrogens is 236 g/mol. The van der Waals surface area contributed by atoms with Gasteiger partial charge in [0.15, 0.2) is 6.29 Å². The highest BCUT2D eigenvalue weighted by Gasteiger charge is 2.04. The quantitative estimate of drug-likeness (QED) is 0.761. The number of carbonyl (C=O) groups is 1. The molecule has 0 aliphatic carbocycles. The lowest BCUT2D eigenvalue weighted by molar-refractivity contribution is 0.112. The Kier molecular flexibility index (Phi) is 3.17. The number of hydrogen-bond acceptors (Lipinski definition) is 3. The number of benzene rings is 1. The summed E-state index contributed by atoms with van der Waals surface area (Å²) >= 11 is 5.94. The SMILES string of the molecule is N#Cc1cncc(-c2ccc(C=O)c(Cl)c2)c1. The molecule has 2 aromatic rings. The van der Waals surface area contributed by atoms with Crippen LogP contribution in [0.4, 0.5) is 0 Å². The van der Waals surface area contributed by atoms with E-state index in [1.807, 2.05) is 6.07 Å². The Morgan fingerprint density at radius 1 is 1.24 bits per heavy atom. The lowest BCUT2D eigenvalue weighted by Gasteiger charge is -2.03. The van der Waals surface area contributed by atoms with E-state index in [0.717, 1.165) is 11.1 Å². The van der Waals surface area contributed by atoms with Crippen molar-refractivity contribution in [1.29, 1.82) is 5.26 Å². The Balaban J connectivity index is 2.50. The Labute approximate surface area is 103 Å². The molecule has 0 aliphatic rings. The van der Waals surface area contributed by atoms with E-state index in [9.17, 15) is 4.79 Å². The van der Waals surface area contributed by atoms with E-state index in [-0.39, 0.29) is 0 Å². The molecule has 0 radical (unpaired) electrons. The van der Waals surface area contributed by atoms with Crippen LogP contribution in [0.2, 0.25) is 5.02 Å². The van der Waals surface area contributed by atoms with E-state index in [1.165, 1.54) is 6.20 Å². The molecule has 1 aromatic heterocycles. The van der Waals surface area contributed by atoms with Crippen molar-refractivity contribution in [3.8, 4) is 17.2 Å². The Morgan fingerprint density at radius 3 is 2.71 bits per heavy atom. The number of halogens is 1. The van der Waals surface area contributed by atoms with Crippen LogP contribution in [0.15, 0.2) is 36.7 Å². The summed E-state index contributed by atoms with van der Waals surface area (Å²) in [5.74, 6) is 0. The van der Waals surface area contributed by atoms with Gasteiger partial charge in [-0.05, 0) is 23.8 Å². The van der Waals surface area contributed by atoms with Gasteiger partial charge < -0.3 is 0 Å². The molecule has 0 saturated heterocycles. The maximum absolute atomic E-state index is 10.6. The highest BCUT2D eigenvalue weighted by atomic mass is 35.5. The van der Waals surface area contributed by atoms with Crippen LogP contribution in [0.1, 0.15) is 15.9 Å². The molecule has 82 valence electrons. The van der Waals surface area contributed by atoms with Gasteiger partial charge in [0.2, 0.25) is 0 Å². The molecule has 2 rings (SSSR count). The third-order valence-electron chi connectivity index (χ3n) is 2.33. The third-order valence-corrected chi connectivity index (χ3v) is 2.66. The van der Waals surface area contributed by atoms with Crippen LogP contribution in [0.25, 0.3) is 11.1 Å². The Morgan fingerprint density at radius 2 is 2.06 bits per heavy atom. The monoisotopic (exact) mass is 242 g/mol. The average molecular weight is 243 g/mol. The molecule has 0 spiro atoms.